The van der Waals surface area contributed by atoms with Crippen LogP contribution in [0.15, 0.2) is 73.1 Å². The second-order valence-electron chi connectivity index (χ2n) is 6.10. The van der Waals surface area contributed by atoms with Crippen LogP contribution in [-0.2, 0) is 17.6 Å². The summed E-state index contributed by atoms with van der Waals surface area (Å²) in [5, 5.41) is 2.92. The van der Waals surface area contributed by atoms with Gasteiger partial charge in [-0.15, -0.1) is 0 Å². The molecule has 26 heavy (non-hydrogen) atoms. The molecule has 132 valence electrons. The molecule has 0 aliphatic carbocycles. The maximum absolute atomic E-state index is 12.2. The first-order chi connectivity index (χ1) is 12.7. The highest BCUT2D eigenvalue weighted by Gasteiger charge is 2.05. The van der Waals surface area contributed by atoms with E-state index in [2.05, 4.69) is 29.4 Å². The van der Waals surface area contributed by atoms with Gasteiger partial charge in [-0.3, -0.25) is 9.78 Å². The number of hydrogen-bond acceptors (Lipinski definition) is 3. The van der Waals surface area contributed by atoms with Gasteiger partial charge in [0, 0.05) is 18.1 Å². The van der Waals surface area contributed by atoms with Crippen LogP contribution in [0.5, 0.6) is 11.5 Å². The average Bonchev–Trinajstić information content (AvgIpc) is 2.66. The number of nitrogens with one attached hydrogen (secondary N) is 1. The van der Waals surface area contributed by atoms with Crippen molar-refractivity contribution in [1.82, 2.24) is 4.98 Å². The zero-order chi connectivity index (χ0) is 18.2. The number of hydrogen-bond donors (Lipinski definition) is 1. The summed E-state index contributed by atoms with van der Waals surface area (Å²) in [7, 11) is 0. The van der Waals surface area contributed by atoms with Crippen LogP contribution in [0, 0.1) is 0 Å². The van der Waals surface area contributed by atoms with Crippen molar-refractivity contribution in [3.05, 3.63) is 84.2 Å². The van der Waals surface area contributed by atoms with Crippen LogP contribution < -0.4 is 10.1 Å². The molecule has 4 nitrogen and oxygen atoms in total. The summed E-state index contributed by atoms with van der Waals surface area (Å²) in [5.41, 5.74) is 3.07. The molecule has 0 radical (unpaired) electrons. The van der Waals surface area contributed by atoms with Crippen molar-refractivity contribution in [1.29, 1.82) is 0 Å². The Balaban J connectivity index is 1.54. The number of rotatable bonds is 7. The number of pyridine rings is 1. The largest absolute Gasteiger partial charge is 0.457 e. The molecule has 2 aromatic carbocycles. The smallest absolute Gasteiger partial charge is 0.228 e. The third-order valence-electron chi connectivity index (χ3n) is 3.95. The van der Waals surface area contributed by atoms with E-state index in [0.717, 1.165) is 29.8 Å². The third kappa shape index (κ3) is 5.18. The van der Waals surface area contributed by atoms with Crippen molar-refractivity contribution in [2.75, 3.05) is 5.32 Å². The van der Waals surface area contributed by atoms with Crippen LogP contribution in [-0.4, -0.2) is 10.9 Å². The molecule has 3 aromatic rings. The van der Waals surface area contributed by atoms with E-state index in [9.17, 15) is 4.79 Å². The van der Waals surface area contributed by atoms with Crippen molar-refractivity contribution >= 4 is 11.6 Å². The number of benzene rings is 2. The lowest BCUT2D eigenvalue weighted by atomic mass is 10.1. The molecule has 0 spiro atoms. The molecule has 4 heteroatoms. The lowest BCUT2D eigenvalue weighted by Gasteiger charge is -2.08. The third-order valence-corrected chi connectivity index (χ3v) is 3.95. The number of carbonyl (C=O) groups is 1. The molecule has 0 unspecified atom stereocenters. The Kier molecular flexibility index (Phi) is 5.99. The average molecular weight is 346 g/mol. The number of aryl methyl sites for hydroxylation is 1. The second kappa shape index (κ2) is 8.81. The van der Waals surface area contributed by atoms with Gasteiger partial charge in [0.25, 0.3) is 0 Å². The van der Waals surface area contributed by atoms with Crippen LogP contribution in [0.1, 0.15) is 24.5 Å². The van der Waals surface area contributed by atoms with Crippen LogP contribution >= 0.6 is 0 Å². The van der Waals surface area contributed by atoms with Gasteiger partial charge in [-0.25, -0.2) is 0 Å². The molecule has 0 aliphatic heterocycles. The summed E-state index contributed by atoms with van der Waals surface area (Å²) < 4.78 is 5.71. The molecular formula is C22H22N2O2. The van der Waals surface area contributed by atoms with Crippen LogP contribution in [0.2, 0.25) is 0 Å². The van der Waals surface area contributed by atoms with Crippen LogP contribution in [0.4, 0.5) is 5.69 Å². The van der Waals surface area contributed by atoms with E-state index < -0.39 is 0 Å². The van der Waals surface area contributed by atoms with Gasteiger partial charge in [-0.05, 0) is 53.9 Å². The first kappa shape index (κ1) is 17.7. The van der Waals surface area contributed by atoms with E-state index >= 15 is 0 Å². The molecule has 0 fully saturated rings. The Bertz CT molecular complexity index is 828. The Morgan fingerprint density at radius 1 is 0.885 bits per heavy atom. The van der Waals surface area contributed by atoms with Crippen molar-refractivity contribution in [2.24, 2.45) is 0 Å². The molecule has 0 aliphatic rings. The number of amides is 1. The highest BCUT2D eigenvalue weighted by atomic mass is 16.5. The first-order valence-corrected chi connectivity index (χ1v) is 8.78. The van der Waals surface area contributed by atoms with E-state index in [1.165, 1.54) is 5.56 Å². The highest BCUT2D eigenvalue weighted by molar-refractivity contribution is 5.92. The molecule has 0 bridgehead atoms. The quantitative estimate of drug-likeness (QED) is 0.654. The predicted octanol–water partition coefficient (Wildman–Crippen LogP) is 5.01. The summed E-state index contributed by atoms with van der Waals surface area (Å²) in [6.45, 7) is 2.16. The topological polar surface area (TPSA) is 51.2 Å². The van der Waals surface area contributed by atoms with E-state index in [0.29, 0.717) is 12.2 Å². The normalized spacial score (nSPS) is 10.3. The van der Waals surface area contributed by atoms with Gasteiger partial charge in [0.1, 0.15) is 11.5 Å². The molecule has 0 saturated carbocycles. The molecule has 0 saturated heterocycles. The van der Waals surface area contributed by atoms with Crippen LogP contribution in [0.3, 0.4) is 0 Å². The molecule has 1 aromatic heterocycles. The predicted molar refractivity (Wildman–Crippen MR) is 104 cm³/mol. The molecule has 1 N–H and O–H groups in total. The van der Waals surface area contributed by atoms with Gasteiger partial charge in [0.05, 0.1) is 6.42 Å². The number of aromatic nitrogens is 1. The lowest BCUT2D eigenvalue weighted by molar-refractivity contribution is -0.115. The van der Waals surface area contributed by atoms with Gasteiger partial charge in [-0.2, -0.15) is 0 Å². The summed E-state index contributed by atoms with van der Waals surface area (Å²) >= 11 is 0. The minimum atomic E-state index is -0.0314. The summed E-state index contributed by atoms with van der Waals surface area (Å²) in [4.78, 5) is 16.2. The molecule has 0 atom stereocenters. The first-order valence-electron chi connectivity index (χ1n) is 8.78. The Hall–Kier alpha value is -3.14. The lowest BCUT2D eigenvalue weighted by Crippen LogP contribution is -2.14. The van der Waals surface area contributed by atoms with Crippen molar-refractivity contribution in [3.8, 4) is 11.5 Å². The fourth-order valence-electron chi connectivity index (χ4n) is 2.65. The number of ether oxygens (including phenoxy) is 1. The van der Waals surface area contributed by atoms with E-state index in [1.807, 2.05) is 36.4 Å². The molecule has 1 amide bonds. The number of carbonyl (C=O) groups excluding carboxylic acids is 1. The molecule has 1 heterocycles. The standard InChI is InChI=1S/C22H22N2O2/c1-2-3-17-4-6-18(7-5-17)16-22(25)24-19-8-10-20(11-9-19)26-21-12-14-23-15-13-21/h4-15H,2-3,16H2,1H3,(H,24,25). The van der Waals surface area contributed by atoms with Crippen molar-refractivity contribution < 1.29 is 9.53 Å². The van der Waals surface area contributed by atoms with Crippen molar-refractivity contribution in [3.63, 3.8) is 0 Å². The molecular weight excluding hydrogens is 324 g/mol. The number of nitrogens with zero attached hydrogens (tertiary/aromatic N) is 1. The monoisotopic (exact) mass is 346 g/mol. The van der Waals surface area contributed by atoms with E-state index in [-0.39, 0.29) is 5.91 Å². The van der Waals surface area contributed by atoms with Crippen molar-refractivity contribution in [2.45, 2.75) is 26.2 Å². The van der Waals surface area contributed by atoms with Gasteiger partial charge < -0.3 is 10.1 Å². The zero-order valence-corrected chi connectivity index (χ0v) is 14.8. The Morgan fingerprint density at radius 3 is 2.15 bits per heavy atom. The van der Waals surface area contributed by atoms with E-state index in [4.69, 9.17) is 4.74 Å². The summed E-state index contributed by atoms with van der Waals surface area (Å²) in [6.07, 6.45) is 5.92. The summed E-state index contributed by atoms with van der Waals surface area (Å²) in [5.74, 6) is 1.40. The maximum Gasteiger partial charge on any atom is 0.228 e. The zero-order valence-electron chi connectivity index (χ0n) is 14.8. The number of anilines is 1. The minimum absolute atomic E-state index is 0.0314. The maximum atomic E-state index is 12.2. The summed E-state index contributed by atoms with van der Waals surface area (Å²) in [6, 6.07) is 19.1. The fraction of sp³-hybridized carbons (Fsp3) is 0.182. The minimum Gasteiger partial charge on any atom is -0.457 e. The van der Waals surface area contributed by atoms with Gasteiger partial charge in [0.15, 0.2) is 0 Å². The molecule has 3 rings (SSSR count). The fourth-order valence-corrected chi connectivity index (χ4v) is 2.65. The van der Waals surface area contributed by atoms with Crippen LogP contribution in [0.25, 0.3) is 0 Å². The Morgan fingerprint density at radius 2 is 1.50 bits per heavy atom. The van der Waals surface area contributed by atoms with Gasteiger partial charge in [0.2, 0.25) is 5.91 Å². The van der Waals surface area contributed by atoms with Gasteiger partial charge in [-0.1, -0.05) is 37.6 Å². The van der Waals surface area contributed by atoms with Gasteiger partial charge >= 0.3 is 0 Å². The highest BCUT2D eigenvalue weighted by Crippen LogP contribution is 2.22. The Labute approximate surface area is 153 Å². The second-order valence-corrected chi connectivity index (χ2v) is 6.10. The van der Waals surface area contributed by atoms with E-state index in [1.54, 1.807) is 24.5 Å². The SMILES string of the molecule is CCCc1ccc(CC(=O)Nc2ccc(Oc3ccncc3)cc2)cc1.